The molecule has 2 rings (SSSR count). The molecule has 0 aliphatic carbocycles. The number of amides is 1. The minimum Gasteiger partial charge on any atom is -0.474 e. The van der Waals surface area contributed by atoms with Gasteiger partial charge >= 0.3 is 5.69 Å². The fraction of sp³-hybridized carbons (Fsp3) is 0.562. The number of hydrogen-bond donors (Lipinski definition) is 0. The Hall–Kier alpha value is -2.18. The van der Waals surface area contributed by atoms with Crippen molar-refractivity contribution in [1.82, 2.24) is 4.90 Å². The maximum atomic E-state index is 13.3. The molecule has 7 heteroatoms. The number of halogens is 1. The van der Waals surface area contributed by atoms with E-state index in [2.05, 4.69) is 13.8 Å². The monoisotopic (exact) mass is 324 g/mol. The molecule has 6 nitrogen and oxygen atoms in total. The normalized spacial score (nSPS) is 22.5. The van der Waals surface area contributed by atoms with Gasteiger partial charge in [0.2, 0.25) is 5.75 Å². The van der Waals surface area contributed by atoms with Crippen LogP contribution in [0.1, 0.15) is 27.2 Å². The Kier molecular flexibility index (Phi) is 5.18. The van der Waals surface area contributed by atoms with Crippen LogP contribution in [0.3, 0.4) is 0 Å². The third kappa shape index (κ3) is 4.18. The average Bonchev–Trinajstić information content (AvgIpc) is 2.45. The molecule has 0 unspecified atom stereocenters. The highest BCUT2D eigenvalue weighted by Gasteiger charge is 2.30. The molecule has 23 heavy (non-hydrogen) atoms. The van der Waals surface area contributed by atoms with Crippen molar-refractivity contribution in [2.75, 3.05) is 13.1 Å². The number of carbonyl (C=O) groups is 1. The quantitative estimate of drug-likeness (QED) is 0.630. The second kappa shape index (κ2) is 6.93. The molecule has 126 valence electrons. The number of benzene rings is 1. The molecule has 1 saturated heterocycles. The number of nitrogens with zero attached hydrogens (tertiary/aromatic N) is 2. The largest absolute Gasteiger partial charge is 0.474 e. The fourth-order valence-corrected chi connectivity index (χ4v) is 3.07. The molecule has 0 bridgehead atoms. The lowest BCUT2D eigenvalue weighted by molar-refractivity contribution is -0.386. The van der Waals surface area contributed by atoms with E-state index >= 15 is 0 Å². The van der Waals surface area contributed by atoms with Crippen LogP contribution in [0, 0.1) is 27.8 Å². The molecule has 0 N–H and O–H groups in total. The Morgan fingerprint density at radius 1 is 1.39 bits per heavy atom. The summed E-state index contributed by atoms with van der Waals surface area (Å²) in [7, 11) is 0. The van der Waals surface area contributed by atoms with Gasteiger partial charge < -0.3 is 9.64 Å². The first-order valence-electron chi connectivity index (χ1n) is 7.67. The summed E-state index contributed by atoms with van der Waals surface area (Å²) in [5.41, 5.74) is -0.355. The standard InChI is InChI=1S/C16H21FN2O4/c1-10-6-11(2)9-18(8-10)16(20)12(3)23-15-7-13(17)4-5-14(15)19(21)22/h4-5,7,10-12H,6,8-9H2,1-3H3/t10-,11-,12+/m0/s1. The Labute approximate surface area is 134 Å². The summed E-state index contributed by atoms with van der Waals surface area (Å²) >= 11 is 0. The van der Waals surface area contributed by atoms with Gasteiger partial charge in [0, 0.05) is 25.2 Å². The smallest absolute Gasteiger partial charge is 0.311 e. The van der Waals surface area contributed by atoms with Crippen LogP contribution >= 0.6 is 0 Å². The van der Waals surface area contributed by atoms with Crippen molar-refractivity contribution in [2.45, 2.75) is 33.3 Å². The van der Waals surface area contributed by atoms with Crippen LogP contribution in [0.2, 0.25) is 0 Å². The number of carbonyl (C=O) groups excluding carboxylic acids is 1. The lowest BCUT2D eigenvalue weighted by atomic mass is 9.91. The number of piperidine rings is 1. The van der Waals surface area contributed by atoms with Gasteiger partial charge in [-0.05, 0) is 31.2 Å². The van der Waals surface area contributed by atoms with Crippen LogP contribution in [0.25, 0.3) is 0 Å². The van der Waals surface area contributed by atoms with E-state index in [-0.39, 0.29) is 17.3 Å². The van der Waals surface area contributed by atoms with Crippen molar-refractivity contribution in [3.63, 3.8) is 0 Å². The van der Waals surface area contributed by atoms with Gasteiger partial charge in [-0.25, -0.2) is 4.39 Å². The minimum absolute atomic E-state index is 0.228. The summed E-state index contributed by atoms with van der Waals surface area (Å²) in [5.74, 6) is -0.307. The summed E-state index contributed by atoms with van der Waals surface area (Å²) in [6.07, 6.45) is 0.155. The minimum atomic E-state index is -0.909. The van der Waals surface area contributed by atoms with Gasteiger partial charge in [0.15, 0.2) is 6.10 Å². The first kappa shape index (κ1) is 17.2. The number of ether oxygens (including phenoxy) is 1. The third-order valence-corrected chi connectivity index (χ3v) is 3.95. The van der Waals surface area contributed by atoms with E-state index < -0.39 is 16.8 Å². The van der Waals surface area contributed by atoms with E-state index in [0.717, 1.165) is 24.6 Å². The molecule has 1 aliphatic heterocycles. The van der Waals surface area contributed by atoms with E-state index in [4.69, 9.17) is 4.74 Å². The van der Waals surface area contributed by atoms with Crippen molar-refractivity contribution >= 4 is 11.6 Å². The van der Waals surface area contributed by atoms with Gasteiger partial charge in [0.25, 0.3) is 5.91 Å². The van der Waals surface area contributed by atoms with Gasteiger partial charge in [-0.15, -0.1) is 0 Å². The second-order valence-electron chi connectivity index (χ2n) is 6.32. The second-order valence-corrected chi connectivity index (χ2v) is 6.32. The van der Waals surface area contributed by atoms with Gasteiger partial charge in [-0.2, -0.15) is 0 Å². The molecule has 0 spiro atoms. The van der Waals surface area contributed by atoms with Gasteiger partial charge in [-0.3, -0.25) is 14.9 Å². The van der Waals surface area contributed by atoms with E-state index in [0.29, 0.717) is 24.9 Å². The van der Waals surface area contributed by atoms with Crippen LogP contribution in [-0.2, 0) is 4.79 Å². The number of rotatable bonds is 4. The predicted octanol–water partition coefficient (Wildman–Crippen LogP) is 3.01. The zero-order valence-corrected chi connectivity index (χ0v) is 13.5. The molecule has 0 aromatic heterocycles. The maximum Gasteiger partial charge on any atom is 0.311 e. The van der Waals surface area contributed by atoms with Crippen molar-refractivity contribution in [1.29, 1.82) is 0 Å². The van der Waals surface area contributed by atoms with Crippen LogP contribution in [0.15, 0.2) is 18.2 Å². The lowest BCUT2D eigenvalue weighted by Crippen LogP contribution is -2.47. The van der Waals surface area contributed by atoms with E-state index in [9.17, 15) is 19.3 Å². The van der Waals surface area contributed by atoms with E-state index in [1.54, 1.807) is 4.90 Å². The summed E-state index contributed by atoms with van der Waals surface area (Å²) in [6, 6.07) is 2.96. The highest BCUT2D eigenvalue weighted by molar-refractivity contribution is 5.81. The summed E-state index contributed by atoms with van der Waals surface area (Å²) < 4.78 is 18.7. The Bertz CT molecular complexity index is 598. The lowest BCUT2D eigenvalue weighted by Gasteiger charge is -2.36. The zero-order valence-electron chi connectivity index (χ0n) is 13.5. The summed E-state index contributed by atoms with van der Waals surface area (Å²) in [6.45, 7) is 6.98. The predicted molar refractivity (Wildman–Crippen MR) is 82.7 cm³/mol. The first-order chi connectivity index (χ1) is 10.8. The van der Waals surface area contributed by atoms with Crippen molar-refractivity contribution < 1.29 is 18.8 Å². The highest BCUT2D eigenvalue weighted by atomic mass is 19.1. The van der Waals surface area contributed by atoms with Crippen LogP contribution in [0.5, 0.6) is 5.75 Å². The van der Waals surface area contributed by atoms with Crippen LogP contribution < -0.4 is 4.74 Å². The highest BCUT2D eigenvalue weighted by Crippen LogP contribution is 2.29. The molecule has 3 atom stereocenters. The Morgan fingerprint density at radius 2 is 2.00 bits per heavy atom. The Balaban J connectivity index is 2.12. The van der Waals surface area contributed by atoms with Crippen molar-refractivity contribution in [3.8, 4) is 5.75 Å². The molecular weight excluding hydrogens is 303 g/mol. The first-order valence-corrected chi connectivity index (χ1v) is 7.67. The molecule has 1 aromatic carbocycles. The summed E-state index contributed by atoms with van der Waals surface area (Å²) in [5, 5.41) is 11.0. The third-order valence-electron chi connectivity index (χ3n) is 3.95. The molecule has 1 fully saturated rings. The van der Waals surface area contributed by atoms with Crippen LogP contribution in [-0.4, -0.2) is 34.9 Å². The number of nitro benzene ring substituents is 1. The van der Waals surface area contributed by atoms with Gasteiger partial charge in [0.05, 0.1) is 4.92 Å². The molecule has 1 aliphatic rings. The number of hydrogen-bond acceptors (Lipinski definition) is 4. The number of nitro groups is 1. The van der Waals surface area contributed by atoms with Gasteiger partial charge in [-0.1, -0.05) is 13.8 Å². The Morgan fingerprint density at radius 3 is 2.57 bits per heavy atom. The molecule has 0 radical (unpaired) electrons. The van der Waals surface area contributed by atoms with Crippen LogP contribution in [0.4, 0.5) is 10.1 Å². The van der Waals surface area contributed by atoms with Gasteiger partial charge in [0.1, 0.15) is 5.82 Å². The molecule has 1 amide bonds. The van der Waals surface area contributed by atoms with Crippen molar-refractivity contribution in [2.24, 2.45) is 11.8 Å². The molecule has 1 heterocycles. The fourth-order valence-electron chi connectivity index (χ4n) is 3.07. The number of likely N-dealkylation sites (tertiary alicyclic amines) is 1. The average molecular weight is 324 g/mol. The zero-order chi connectivity index (χ0) is 17.1. The van der Waals surface area contributed by atoms with E-state index in [1.807, 2.05) is 0 Å². The maximum absolute atomic E-state index is 13.3. The SMILES string of the molecule is C[C@H]1C[C@H](C)CN(C(=O)[C@@H](C)Oc2cc(F)ccc2[N+](=O)[O-])C1. The molecule has 1 aromatic rings. The van der Waals surface area contributed by atoms with Crippen molar-refractivity contribution in [3.05, 3.63) is 34.1 Å². The molecule has 0 saturated carbocycles. The summed E-state index contributed by atoms with van der Waals surface area (Å²) in [4.78, 5) is 24.5. The molecular formula is C16H21FN2O4. The van der Waals surface area contributed by atoms with E-state index in [1.165, 1.54) is 6.92 Å². The topological polar surface area (TPSA) is 72.7 Å².